The summed E-state index contributed by atoms with van der Waals surface area (Å²) >= 11 is 5.87. The number of nitrogen functional groups attached to an aromatic ring is 1. The Hall–Kier alpha value is -5.43. The number of ether oxygens (including phenoxy) is 1. The number of anilines is 2. The van der Waals surface area contributed by atoms with Gasteiger partial charge in [-0.05, 0) is 62.6 Å². The van der Waals surface area contributed by atoms with Crippen molar-refractivity contribution in [3.8, 4) is 0 Å². The van der Waals surface area contributed by atoms with Crippen LogP contribution in [0.1, 0.15) is 48.7 Å². The summed E-state index contributed by atoms with van der Waals surface area (Å²) < 4.78 is 6.13. The molecule has 1 saturated heterocycles. The molecule has 2 unspecified atom stereocenters. The van der Waals surface area contributed by atoms with E-state index in [1.807, 2.05) is 30.3 Å². The van der Waals surface area contributed by atoms with Gasteiger partial charge in [0.25, 0.3) is 11.5 Å². The van der Waals surface area contributed by atoms with Gasteiger partial charge in [0.2, 0.25) is 17.7 Å². The number of hydrogen-bond donors (Lipinski definition) is 4. The van der Waals surface area contributed by atoms with Gasteiger partial charge in [-0.3, -0.25) is 24.0 Å². The van der Waals surface area contributed by atoms with E-state index in [1.54, 1.807) is 6.92 Å². The van der Waals surface area contributed by atoms with Crippen molar-refractivity contribution in [3.05, 3.63) is 106 Å². The van der Waals surface area contributed by atoms with Crippen LogP contribution in [0.3, 0.4) is 0 Å². The number of esters is 1. The predicted octanol–water partition coefficient (Wildman–Crippen LogP) is 2.80. The van der Waals surface area contributed by atoms with E-state index in [-0.39, 0.29) is 40.7 Å². The molecule has 0 saturated carbocycles. The van der Waals surface area contributed by atoms with E-state index in [2.05, 4.69) is 10.6 Å². The second-order valence-electron chi connectivity index (χ2n) is 10.4. The molecule has 1 aliphatic rings. The minimum absolute atomic E-state index is 0.0264. The zero-order valence-electron chi connectivity index (χ0n) is 26.0. The quantitative estimate of drug-likeness (QED) is 0.144. The molecule has 1 aromatic heterocycles. The van der Waals surface area contributed by atoms with E-state index in [4.69, 9.17) is 27.8 Å². The zero-order valence-corrected chi connectivity index (χ0v) is 26.7. The lowest BCUT2D eigenvalue weighted by Gasteiger charge is -2.21. The Morgan fingerprint density at radius 3 is 2.45 bits per heavy atom. The van der Waals surface area contributed by atoms with Crippen molar-refractivity contribution in [2.75, 3.05) is 24.2 Å². The summed E-state index contributed by atoms with van der Waals surface area (Å²) in [7, 11) is 0. The lowest BCUT2D eigenvalue weighted by molar-refractivity contribution is -0.151. The number of halogens is 1. The molecule has 3 aromatic rings. The smallest absolute Gasteiger partial charge is 0.328 e. The Balaban J connectivity index is 0.000000256. The van der Waals surface area contributed by atoms with Gasteiger partial charge in [0.05, 0.1) is 17.3 Å². The lowest BCUT2D eigenvalue weighted by atomic mass is 10.2. The molecule has 0 bridgehead atoms. The molecular formula is C33H37ClN6O7. The molecule has 0 spiro atoms. The van der Waals surface area contributed by atoms with Crippen molar-refractivity contribution in [3.63, 3.8) is 0 Å². The number of pyridine rings is 1. The second-order valence-corrected chi connectivity index (χ2v) is 10.8. The lowest BCUT2D eigenvalue weighted by Crippen LogP contribution is -2.40. The van der Waals surface area contributed by atoms with Crippen LogP contribution in [-0.4, -0.2) is 58.3 Å². The van der Waals surface area contributed by atoms with Crippen LogP contribution in [0.4, 0.5) is 11.4 Å². The molecule has 4 rings (SSSR count). The number of carbonyl (C=O) groups is 5. The summed E-state index contributed by atoms with van der Waals surface area (Å²) in [4.78, 5) is 73.0. The molecule has 1 fully saturated rings. The van der Waals surface area contributed by atoms with Gasteiger partial charge in [0, 0.05) is 37.0 Å². The van der Waals surface area contributed by atoms with Gasteiger partial charge in [-0.1, -0.05) is 41.9 Å². The third-order valence-corrected chi connectivity index (χ3v) is 7.42. The van der Waals surface area contributed by atoms with E-state index in [1.165, 1.54) is 60.5 Å². The van der Waals surface area contributed by atoms with E-state index in [0.29, 0.717) is 25.2 Å². The molecule has 2 heterocycles. The molecule has 1 aliphatic heterocycles. The highest BCUT2D eigenvalue weighted by molar-refractivity contribution is 6.33. The second kappa shape index (κ2) is 17.3. The molecule has 6 N–H and O–H groups in total. The Morgan fingerprint density at radius 2 is 1.79 bits per heavy atom. The van der Waals surface area contributed by atoms with Crippen LogP contribution in [0.25, 0.3) is 0 Å². The number of carbonyl (C=O) groups excluding carboxylic acids is 5. The minimum Gasteiger partial charge on any atom is -0.464 e. The average molecular weight is 665 g/mol. The van der Waals surface area contributed by atoms with Crippen LogP contribution in [0.5, 0.6) is 0 Å². The standard InChI is InChI=1S/C18H22N2O4.C15H15ClN4O3/c1-2-24-18(23)15-9-6-12-20(15)17(22)11-10-16(21)19-13-14-7-4-3-5-8-14;1-8(13(18)21)20-6-2-3-12(15(20)23)19-14(22)9-4-5-11(17)10(16)7-9/h3-5,7-8,10-11,15H,2,6,9,12-13H2,1H3,(H,19,21);2-8H,17H2,1H3,(H2,18,21)(H,19,22)/b11-10+;. The number of nitrogens with two attached hydrogens (primary N) is 2. The van der Waals surface area contributed by atoms with Crippen LogP contribution in [0.15, 0.2) is 83.8 Å². The number of amides is 4. The Kier molecular flexibility index (Phi) is 13.3. The van der Waals surface area contributed by atoms with Crippen molar-refractivity contribution in [2.45, 2.75) is 45.3 Å². The van der Waals surface area contributed by atoms with Crippen LogP contribution >= 0.6 is 11.6 Å². The number of rotatable bonds is 10. The van der Waals surface area contributed by atoms with Crippen molar-refractivity contribution in [1.29, 1.82) is 0 Å². The summed E-state index contributed by atoms with van der Waals surface area (Å²) in [5.74, 6) is -2.25. The molecule has 14 heteroatoms. The van der Waals surface area contributed by atoms with Crippen LogP contribution in [0.2, 0.25) is 5.02 Å². The topological polar surface area (TPSA) is 196 Å². The van der Waals surface area contributed by atoms with Gasteiger partial charge in [0.1, 0.15) is 17.8 Å². The van der Waals surface area contributed by atoms with Gasteiger partial charge >= 0.3 is 5.97 Å². The van der Waals surface area contributed by atoms with Gasteiger partial charge in [-0.25, -0.2) is 4.79 Å². The molecule has 2 aromatic carbocycles. The van der Waals surface area contributed by atoms with Crippen LogP contribution < -0.4 is 27.7 Å². The zero-order chi connectivity index (χ0) is 34.5. The van der Waals surface area contributed by atoms with E-state index >= 15 is 0 Å². The third kappa shape index (κ3) is 10.3. The number of nitrogens with one attached hydrogen (secondary N) is 2. The average Bonchev–Trinajstić information content (AvgIpc) is 3.56. The minimum atomic E-state index is -0.828. The largest absolute Gasteiger partial charge is 0.464 e. The first-order valence-electron chi connectivity index (χ1n) is 14.8. The Labute approximate surface area is 276 Å². The first kappa shape index (κ1) is 36.0. The van der Waals surface area contributed by atoms with Crippen molar-refractivity contribution in [2.24, 2.45) is 5.73 Å². The van der Waals surface area contributed by atoms with Crippen molar-refractivity contribution >= 4 is 52.6 Å². The summed E-state index contributed by atoms with van der Waals surface area (Å²) in [5.41, 5.74) is 11.9. The number of hydrogen-bond acceptors (Lipinski definition) is 8. The van der Waals surface area contributed by atoms with Gasteiger partial charge in [0.15, 0.2) is 0 Å². The van der Waals surface area contributed by atoms with Crippen LogP contribution in [0, 0.1) is 0 Å². The maximum Gasteiger partial charge on any atom is 0.328 e. The third-order valence-electron chi connectivity index (χ3n) is 7.10. The van der Waals surface area contributed by atoms with Crippen molar-refractivity contribution in [1.82, 2.24) is 14.8 Å². The van der Waals surface area contributed by atoms with Crippen LogP contribution in [-0.2, 0) is 30.5 Å². The fourth-order valence-electron chi connectivity index (χ4n) is 4.51. The van der Waals surface area contributed by atoms with E-state index < -0.39 is 29.5 Å². The summed E-state index contributed by atoms with van der Waals surface area (Å²) in [6.45, 7) is 4.41. The number of benzene rings is 2. The van der Waals surface area contributed by atoms with E-state index in [0.717, 1.165) is 16.6 Å². The first-order valence-corrected chi connectivity index (χ1v) is 15.1. The van der Waals surface area contributed by atoms with Gasteiger partial charge in [-0.2, -0.15) is 0 Å². The normalized spacial score (nSPS) is 14.4. The highest BCUT2D eigenvalue weighted by Crippen LogP contribution is 2.21. The fraction of sp³-hybridized carbons (Fsp3) is 0.273. The molecule has 0 radical (unpaired) electrons. The highest BCUT2D eigenvalue weighted by Gasteiger charge is 2.34. The summed E-state index contributed by atoms with van der Waals surface area (Å²) in [5, 5.41) is 5.44. The number of nitrogens with zero attached hydrogens (tertiary/aromatic N) is 2. The van der Waals surface area contributed by atoms with E-state index in [9.17, 15) is 28.8 Å². The summed E-state index contributed by atoms with van der Waals surface area (Å²) in [6.07, 6.45) is 5.18. The maximum absolute atomic E-state index is 12.3. The first-order chi connectivity index (χ1) is 22.4. The Morgan fingerprint density at radius 1 is 1.06 bits per heavy atom. The molecule has 2 atom stereocenters. The molecule has 4 amide bonds. The predicted molar refractivity (Wildman–Crippen MR) is 177 cm³/mol. The molecule has 0 aliphatic carbocycles. The SMILES string of the molecule is CC(C(N)=O)n1cccc(NC(=O)c2ccc(N)c(Cl)c2)c1=O.CCOC(=O)C1CCCN1C(=O)/C=C/C(=O)NCc1ccccc1. The molecule has 47 heavy (non-hydrogen) atoms. The molecule has 248 valence electrons. The number of likely N-dealkylation sites (tertiary alicyclic amines) is 1. The van der Waals surface area contributed by atoms with Gasteiger partial charge in [-0.15, -0.1) is 0 Å². The fourth-order valence-corrected chi connectivity index (χ4v) is 4.69. The van der Waals surface area contributed by atoms with Crippen molar-refractivity contribution < 1.29 is 28.7 Å². The number of primary amides is 1. The maximum atomic E-state index is 12.3. The monoisotopic (exact) mass is 664 g/mol. The molecule has 13 nitrogen and oxygen atoms in total. The Bertz CT molecular complexity index is 1690. The molecular weight excluding hydrogens is 628 g/mol. The summed E-state index contributed by atoms with van der Waals surface area (Å²) in [6, 6.07) is 15.5. The van der Waals surface area contributed by atoms with Gasteiger partial charge < -0.3 is 36.3 Å². The number of aromatic nitrogens is 1. The highest BCUT2D eigenvalue weighted by atomic mass is 35.5.